The van der Waals surface area contributed by atoms with E-state index in [0.717, 1.165) is 56.0 Å². The van der Waals surface area contributed by atoms with Crippen LogP contribution in [0.15, 0.2) is 36.4 Å². The smallest absolute Gasteiger partial charge is 0.0687 e. The van der Waals surface area contributed by atoms with Gasteiger partial charge in [-0.1, -0.05) is 0 Å². The third-order valence-electron chi connectivity index (χ3n) is 5.36. The molecule has 2 aliphatic heterocycles. The second kappa shape index (κ2) is 6.06. The molecule has 138 valence electrons. The summed E-state index contributed by atoms with van der Waals surface area (Å²) in [6.07, 6.45) is 4.23. The van der Waals surface area contributed by atoms with Crippen LogP contribution in [0.25, 0.3) is 45.4 Å². The van der Waals surface area contributed by atoms with Crippen molar-refractivity contribution in [3.8, 4) is 0 Å². The number of hydrogen-bond donors (Lipinski definition) is 2. The first-order valence-corrected chi connectivity index (χ1v) is 9.51. The lowest BCUT2D eigenvalue weighted by Gasteiger charge is -1.91. The number of nitrogens with one attached hydrogen (secondary N) is 2. The van der Waals surface area contributed by atoms with Gasteiger partial charge >= 0.3 is 0 Å². The van der Waals surface area contributed by atoms with E-state index in [-0.39, 0.29) is 0 Å². The number of H-pyrrole nitrogens is 2. The quantitative estimate of drug-likeness (QED) is 0.508. The Kier molecular flexibility index (Phi) is 3.63. The lowest BCUT2D eigenvalue weighted by atomic mass is 10.2. The van der Waals surface area contributed by atoms with Crippen LogP contribution < -0.4 is 0 Å². The summed E-state index contributed by atoms with van der Waals surface area (Å²) >= 11 is 0. The molecule has 4 nitrogen and oxygen atoms in total. The molecule has 5 rings (SSSR count). The van der Waals surface area contributed by atoms with Crippen LogP contribution in [0.1, 0.15) is 47.8 Å². The van der Waals surface area contributed by atoms with Gasteiger partial charge in [-0.15, -0.1) is 0 Å². The van der Waals surface area contributed by atoms with Gasteiger partial charge in [-0.3, -0.25) is 0 Å². The summed E-state index contributed by atoms with van der Waals surface area (Å²) in [7, 11) is 0. The van der Waals surface area contributed by atoms with E-state index in [1.165, 1.54) is 11.1 Å². The van der Waals surface area contributed by atoms with E-state index in [0.29, 0.717) is 0 Å². The number of allylic oxidation sites excluding steroid dienone is 2. The third kappa shape index (κ3) is 2.87. The predicted molar refractivity (Wildman–Crippen MR) is 118 cm³/mol. The van der Waals surface area contributed by atoms with Gasteiger partial charge in [0, 0.05) is 22.1 Å². The zero-order chi connectivity index (χ0) is 19.4. The van der Waals surface area contributed by atoms with E-state index in [2.05, 4.69) is 80.1 Å². The van der Waals surface area contributed by atoms with Crippen molar-refractivity contribution in [1.29, 1.82) is 0 Å². The summed E-state index contributed by atoms with van der Waals surface area (Å²) in [5.74, 6) is 0. The Balaban J connectivity index is 1.91. The lowest BCUT2D eigenvalue weighted by molar-refractivity contribution is 1.26. The van der Waals surface area contributed by atoms with Crippen LogP contribution in [0.3, 0.4) is 0 Å². The Bertz CT molecular complexity index is 1250. The molecule has 5 heterocycles. The average Bonchev–Trinajstić information content (AvgIpc) is 3.33. The lowest BCUT2D eigenvalue weighted by Crippen LogP contribution is -1.79. The molecule has 0 saturated heterocycles. The number of aromatic amines is 2. The highest BCUT2D eigenvalue weighted by atomic mass is 14.8. The summed E-state index contributed by atoms with van der Waals surface area (Å²) in [6.45, 7) is 8.44. The van der Waals surface area contributed by atoms with Crippen LogP contribution in [0, 0.1) is 13.8 Å². The van der Waals surface area contributed by atoms with Crippen LogP contribution in [0.4, 0.5) is 0 Å². The van der Waals surface area contributed by atoms with Crippen molar-refractivity contribution in [2.24, 2.45) is 0 Å². The van der Waals surface area contributed by atoms with Crippen molar-refractivity contribution in [3.63, 3.8) is 0 Å². The van der Waals surface area contributed by atoms with E-state index >= 15 is 0 Å². The molecule has 0 spiro atoms. The molecule has 0 aromatic carbocycles. The molecule has 8 bridgehead atoms. The third-order valence-corrected chi connectivity index (χ3v) is 5.36. The summed E-state index contributed by atoms with van der Waals surface area (Å²) in [6, 6.07) is 12.8. The van der Waals surface area contributed by atoms with Crippen LogP contribution in [0.2, 0.25) is 0 Å². The molecule has 0 saturated carbocycles. The molecule has 28 heavy (non-hydrogen) atoms. The minimum absolute atomic E-state index is 0.939. The minimum atomic E-state index is 0.939. The molecule has 3 aromatic heterocycles. The van der Waals surface area contributed by atoms with Gasteiger partial charge in [-0.25, -0.2) is 9.97 Å². The number of fused-ring (bicyclic) bond motifs is 8. The van der Waals surface area contributed by atoms with Crippen LogP contribution in [-0.4, -0.2) is 19.9 Å². The van der Waals surface area contributed by atoms with E-state index in [4.69, 9.17) is 9.97 Å². The van der Waals surface area contributed by atoms with Gasteiger partial charge < -0.3 is 9.97 Å². The van der Waals surface area contributed by atoms with Gasteiger partial charge in [0.2, 0.25) is 0 Å². The molecule has 0 radical (unpaired) electrons. The standard InChI is InChI=1S/C24H22N4/c1-13-5-17-9-18-7-15(3)23(27-18)12-24-16(4)8-20(28-24)10-19-6-14(2)22(26-19)11-21(13)25-17/h5-12,25,27H,1-4H3. The Morgan fingerprint density at radius 1 is 0.571 bits per heavy atom. The summed E-state index contributed by atoms with van der Waals surface area (Å²) < 4.78 is 0. The summed E-state index contributed by atoms with van der Waals surface area (Å²) in [5.41, 5.74) is 12.9. The van der Waals surface area contributed by atoms with Crippen molar-refractivity contribution in [1.82, 2.24) is 19.9 Å². The maximum absolute atomic E-state index is 4.81. The molecule has 0 atom stereocenters. The van der Waals surface area contributed by atoms with E-state index < -0.39 is 0 Å². The monoisotopic (exact) mass is 366 g/mol. The molecule has 0 unspecified atom stereocenters. The van der Waals surface area contributed by atoms with E-state index in [9.17, 15) is 0 Å². The molecule has 3 aromatic rings. The minimum Gasteiger partial charge on any atom is -0.355 e. The van der Waals surface area contributed by atoms with Crippen molar-refractivity contribution < 1.29 is 0 Å². The topological polar surface area (TPSA) is 57.4 Å². The first kappa shape index (κ1) is 16.8. The number of nitrogens with zero attached hydrogens (tertiary/aromatic N) is 2. The van der Waals surface area contributed by atoms with E-state index in [1.807, 2.05) is 6.07 Å². The van der Waals surface area contributed by atoms with Crippen molar-refractivity contribution in [3.05, 3.63) is 70.3 Å². The number of hydrogen-bond acceptors (Lipinski definition) is 2. The molecule has 4 heteroatoms. The second-order valence-corrected chi connectivity index (χ2v) is 7.72. The highest BCUT2D eigenvalue weighted by Gasteiger charge is 2.10. The Hall–Kier alpha value is -3.40. The van der Waals surface area contributed by atoms with Crippen LogP contribution in [0.5, 0.6) is 0 Å². The molecule has 0 amide bonds. The maximum atomic E-state index is 4.81. The molecule has 2 N–H and O–H groups in total. The Morgan fingerprint density at radius 3 is 1.50 bits per heavy atom. The summed E-state index contributed by atoms with van der Waals surface area (Å²) in [4.78, 5) is 16.6. The van der Waals surface area contributed by atoms with Gasteiger partial charge in [0.15, 0.2) is 0 Å². The molecule has 0 fully saturated rings. The number of aryl methyl sites for hydroxylation is 2. The van der Waals surface area contributed by atoms with Crippen LogP contribution in [-0.2, 0) is 0 Å². The average molecular weight is 366 g/mol. The zero-order valence-corrected chi connectivity index (χ0v) is 16.5. The molecular weight excluding hydrogens is 344 g/mol. The first-order valence-electron chi connectivity index (χ1n) is 9.51. The van der Waals surface area contributed by atoms with Gasteiger partial charge in [0.1, 0.15) is 0 Å². The fourth-order valence-electron chi connectivity index (χ4n) is 3.80. The molecule has 0 aliphatic carbocycles. The fourth-order valence-corrected chi connectivity index (χ4v) is 3.80. The van der Waals surface area contributed by atoms with Crippen LogP contribution >= 0.6 is 0 Å². The van der Waals surface area contributed by atoms with Crippen molar-refractivity contribution >= 4 is 45.4 Å². The normalized spacial score (nSPS) is 13.4. The SMILES string of the molecule is CC1=Cc2cc3nc(cc4[nH]c(cc4C)cc4cc(C)c(cc1n2)[nH]4)C(C)=C3. The molecule has 2 aliphatic rings. The largest absolute Gasteiger partial charge is 0.355 e. The summed E-state index contributed by atoms with van der Waals surface area (Å²) in [5, 5.41) is 0. The van der Waals surface area contributed by atoms with Gasteiger partial charge in [-0.05, 0) is 98.5 Å². The first-order chi connectivity index (χ1) is 13.4. The number of rotatable bonds is 0. The number of aromatic nitrogens is 4. The highest BCUT2D eigenvalue weighted by Crippen LogP contribution is 2.26. The Labute approximate surface area is 163 Å². The van der Waals surface area contributed by atoms with E-state index in [1.54, 1.807) is 0 Å². The fraction of sp³-hybridized carbons (Fsp3) is 0.167. The van der Waals surface area contributed by atoms with Gasteiger partial charge in [-0.2, -0.15) is 0 Å². The van der Waals surface area contributed by atoms with Gasteiger partial charge in [0.05, 0.1) is 22.8 Å². The Morgan fingerprint density at radius 2 is 1.04 bits per heavy atom. The van der Waals surface area contributed by atoms with Crippen molar-refractivity contribution in [2.75, 3.05) is 0 Å². The van der Waals surface area contributed by atoms with Crippen molar-refractivity contribution in [2.45, 2.75) is 27.7 Å². The predicted octanol–water partition coefficient (Wildman–Crippen LogP) is 6.05. The highest BCUT2D eigenvalue weighted by molar-refractivity contribution is 5.86. The second-order valence-electron chi connectivity index (χ2n) is 7.72. The van der Waals surface area contributed by atoms with Gasteiger partial charge in [0.25, 0.3) is 0 Å². The maximum Gasteiger partial charge on any atom is 0.0687 e. The zero-order valence-electron chi connectivity index (χ0n) is 16.5. The molecular formula is C24H22N4.